The molecule has 0 saturated heterocycles. The fraction of sp³-hybridized carbons (Fsp3) is 0.263. The van der Waals surface area contributed by atoms with Crippen LogP contribution in [0.3, 0.4) is 0 Å². The van der Waals surface area contributed by atoms with Crippen LogP contribution in [0.1, 0.15) is 25.0 Å². The molecule has 2 atom stereocenters. The minimum atomic E-state index is -0.782. The first-order valence-electron chi connectivity index (χ1n) is 7.86. The molecule has 0 amide bonds. The summed E-state index contributed by atoms with van der Waals surface area (Å²) in [6, 6.07) is 15.9. The van der Waals surface area contributed by atoms with Crippen molar-refractivity contribution in [1.29, 1.82) is 0 Å². The van der Waals surface area contributed by atoms with Gasteiger partial charge in [0.25, 0.3) is 0 Å². The van der Waals surface area contributed by atoms with Crippen molar-refractivity contribution < 1.29 is 14.8 Å². The summed E-state index contributed by atoms with van der Waals surface area (Å²) < 4.78 is 6.79. The van der Waals surface area contributed by atoms with Crippen LogP contribution in [0.4, 0.5) is 5.69 Å². The third-order valence-electron chi connectivity index (χ3n) is 3.43. The van der Waals surface area contributed by atoms with Gasteiger partial charge in [0.1, 0.15) is 0 Å². The SMILES string of the molecule is CCO[C@@H](C#C[Se]c1ccccc1)C[C@H](O)c1ccc([N+](=O)[O-])cc1. The van der Waals surface area contributed by atoms with Crippen LogP contribution < -0.4 is 4.46 Å². The molecule has 0 radical (unpaired) electrons. The molecule has 0 saturated carbocycles. The minimum absolute atomic E-state index is 0.00246. The van der Waals surface area contributed by atoms with E-state index in [4.69, 9.17) is 4.74 Å². The van der Waals surface area contributed by atoms with Crippen molar-refractivity contribution in [2.45, 2.75) is 25.6 Å². The Morgan fingerprint density at radius 1 is 1.20 bits per heavy atom. The fourth-order valence-electron chi connectivity index (χ4n) is 2.17. The van der Waals surface area contributed by atoms with E-state index in [1.807, 2.05) is 37.3 Å². The molecule has 0 spiro atoms. The van der Waals surface area contributed by atoms with Gasteiger partial charge in [0.2, 0.25) is 0 Å². The van der Waals surface area contributed by atoms with Gasteiger partial charge in [0, 0.05) is 0 Å². The van der Waals surface area contributed by atoms with Crippen LogP contribution in [0.25, 0.3) is 0 Å². The van der Waals surface area contributed by atoms with Crippen molar-refractivity contribution in [3.05, 3.63) is 70.3 Å². The van der Waals surface area contributed by atoms with E-state index >= 15 is 0 Å². The van der Waals surface area contributed by atoms with Crippen molar-refractivity contribution in [2.24, 2.45) is 0 Å². The zero-order chi connectivity index (χ0) is 18.1. The second-order valence-corrected chi connectivity index (χ2v) is 7.05. The van der Waals surface area contributed by atoms with Crippen LogP contribution >= 0.6 is 0 Å². The number of rotatable bonds is 7. The van der Waals surface area contributed by atoms with Gasteiger partial charge in [0.15, 0.2) is 0 Å². The molecule has 25 heavy (non-hydrogen) atoms. The average Bonchev–Trinajstić information content (AvgIpc) is 2.62. The predicted molar refractivity (Wildman–Crippen MR) is 97.7 cm³/mol. The quantitative estimate of drug-likeness (QED) is 0.333. The molecular weight excluding hydrogens is 385 g/mol. The molecule has 0 aromatic heterocycles. The van der Waals surface area contributed by atoms with Gasteiger partial charge in [-0.05, 0) is 0 Å². The van der Waals surface area contributed by atoms with E-state index < -0.39 is 11.0 Å². The number of benzene rings is 2. The molecule has 0 aliphatic carbocycles. The second kappa shape index (κ2) is 9.97. The van der Waals surface area contributed by atoms with Crippen LogP contribution in [0.15, 0.2) is 54.6 Å². The topological polar surface area (TPSA) is 72.6 Å². The number of aliphatic hydroxyl groups is 1. The monoisotopic (exact) mass is 405 g/mol. The van der Waals surface area contributed by atoms with Crippen LogP contribution in [0.5, 0.6) is 0 Å². The number of nitrogens with zero attached hydrogens (tertiary/aromatic N) is 1. The van der Waals surface area contributed by atoms with E-state index in [1.54, 1.807) is 12.1 Å². The van der Waals surface area contributed by atoms with Crippen LogP contribution in [0.2, 0.25) is 0 Å². The number of ether oxygens (including phenoxy) is 1. The van der Waals surface area contributed by atoms with Crippen molar-refractivity contribution in [2.75, 3.05) is 6.61 Å². The van der Waals surface area contributed by atoms with Gasteiger partial charge in [-0.2, -0.15) is 0 Å². The number of non-ortho nitro benzene ring substituents is 1. The maximum atomic E-state index is 10.7. The second-order valence-electron chi connectivity index (χ2n) is 5.21. The number of aliphatic hydroxyl groups excluding tert-OH is 1. The van der Waals surface area contributed by atoms with E-state index in [1.165, 1.54) is 16.6 Å². The number of hydrogen-bond donors (Lipinski definition) is 1. The average molecular weight is 404 g/mol. The van der Waals surface area contributed by atoms with Gasteiger partial charge in [-0.3, -0.25) is 0 Å². The summed E-state index contributed by atoms with van der Waals surface area (Å²) in [4.78, 5) is 13.4. The summed E-state index contributed by atoms with van der Waals surface area (Å²) in [7, 11) is 0. The Labute approximate surface area is 153 Å². The molecule has 0 unspecified atom stereocenters. The zero-order valence-electron chi connectivity index (χ0n) is 13.8. The molecule has 2 aromatic carbocycles. The summed E-state index contributed by atoms with van der Waals surface area (Å²) in [6.45, 7) is 2.39. The molecule has 130 valence electrons. The maximum absolute atomic E-state index is 10.7. The van der Waals surface area contributed by atoms with Gasteiger partial charge in [-0.1, -0.05) is 0 Å². The Balaban J connectivity index is 1.99. The molecule has 5 nitrogen and oxygen atoms in total. The summed E-state index contributed by atoms with van der Waals surface area (Å²) in [6.07, 6.45) is -0.833. The molecule has 2 aromatic rings. The predicted octanol–water partition coefficient (Wildman–Crippen LogP) is 2.41. The summed E-state index contributed by atoms with van der Waals surface area (Å²) in [5.41, 5.74) is 0.619. The molecule has 0 bridgehead atoms. The standard InChI is InChI=1S/C19H19NO4Se/c1-2-24-17(12-13-25-18-6-4-3-5-7-18)14-19(21)15-8-10-16(11-9-15)20(22)23/h3-11,17,19,21H,2,14H2,1H3/t17-,19-/m0/s1. The van der Waals surface area contributed by atoms with Crippen molar-refractivity contribution in [3.63, 3.8) is 0 Å². The van der Waals surface area contributed by atoms with Crippen molar-refractivity contribution in [1.82, 2.24) is 0 Å². The van der Waals surface area contributed by atoms with Gasteiger partial charge in [-0.15, -0.1) is 0 Å². The molecule has 0 aliphatic rings. The van der Waals surface area contributed by atoms with E-state index in [9.17, 15) is 15.2 Å². The molecule has 1 N–H and O–H groups in total. The van der Waals surface area contributed by atoms with Gasteiger partial charge in [-0.25, -0.2) is 0 Å². The Morgan fingerprint density at radius 3 is 2.48 bits per heavy atom. The molecule has 0 heterocycles. The van der Waals surface area contributed by atoms with Crippen LogP contribution in [-0.4, -0.2) is 37.7 Å². The number of nitro groups is 1. The Hall–Kier alpha value is -2.16. The van der Waals surface area contributed by atoms with Crippen LogP contribution in [-0.2, 0) is 4.74 Å². The molecule has 0 aliphatic heterocycles. The normalized spacial score (nSPS) is 12.7. The first kappa shape index (κ1) is 19.2. The number of hydrogen-bond acceptors (Lipinski definition) is 4. The first-order chi connectivity index (χ1) is 12.1. The van der Waals surface area contributed by atoms with E-state index in [-0.39, 0.29) is 26.7 Å². The van der Waals surface area contributed by atoms with E-state index in [2.05, 4.69) is 10.7 Å². The summed E-state index contributed by atoms with van der Waals surface area (Å²) in [5.74, 6) is 3.09. The van der Waals surface area contributed by atoms with Crippen molar-refractivity contribution >= 4 is 25.1 Å². The van der Waals surface area contributed by atoms with Crippen LogP contribution in [0, 0.1) is 20.9 Å². The summed E-state index contributed by atoms with van der Waals surface area (Å²) in [5, 5.41) is 21.0. The summed E-state index contributed by atoms with van der Waals surface area (Å²) >= 11 is 0.0366. The molecular formula is C19H19NO4Se. The third-order valence-corrected chi connectivity index (χ3v) is 4.95. The van der Waals surface area contributed by atoms with Crippen molar-refractivity contribution in [3.8, 4) is 10.7 Å². The number of nitro benzene ring substituents is 1. The third kappa shape index (κ3) is 6.33. The van der Waals surface area contributed by atoms with E-state index in [0.717, 1.165) is 0 Å². The Morgan fingerprint density at radius 2 is 1.88 bits per heavy atom. The molecule has 6 heteroatoms. The Bertz CT molecular complexity index is 738. The first-order valence-corrected chi connectivity index (χ1v) is 9.58. The Kier molecular flexibility index (Phi) is 7.65. The molecule has 0 fully saturated rings. The van der Waals surface area contributed by atoms with Gasteiger partial charge >= 0.3 is 153 Å². The molecule has 2 rings (SSSR count). The van der Waals surface area contributed by atoms with Gasteiger partial charge < -0.3 is 0 Å². The van der Waals surface area contributed by atoms with E-state index in [0.29, 0.717) is 18.6 Å². The zero-order valence-corrected chi connectivity index (χ0v) is 15.5. The van der Waals surface area contributed by atoms with Gasteiger partial charge in [0.05, 0.1) is 0 Å². The fourth-order valence-corrected chi connectivity index (χ4v) is 3.43.